The average Bonchev–Trinajstić information content (AvgIpc) is 3.18. The molecule has 1 fully saturated rings. The summed E-state index contributed by atoms with van der Waals surface area (Å²) in [5, 5.41) is 2.90. The van der Waals surface area contributed by atoms with Crippen LogP contribution in [0.3, 0.4) is 0 Å². The maximum atomic E-state index is 12.8. The fourth-order valence-corrected chi connectivity index (χ4v) is 5.12. The molecule has 0 bridgehead atoms. The molecule has 2 aromatic rings. The first-order chi connectivity index (χ1) is 12.4. The molecule has 1 amide bonds. The van der Waals surface area contributed by atoms with Gasteiger partial charge in [0, 0.05) is 23.5 Å². The second-order valence-electron chi connectivity index (χ2n) is 6.24. The van der Waals surface area contributed by atoms with Gasteiger partial charge in [-0.2, -0.15) is 4.31 Å². The van der Waals surface area contributed by atoms with Crippen LogP contribution >= 0.6 is 11.8 Å². The predicted octanol–water partition coefficient (Wildman–Crippen LogP) is 3.75. The number of hydrogen-bond acceptors (Lipinski definition) is 4. The normalized spacial score (nSPS) is 15.2. The molecule has 0 radical (unpaired) electrons. The van der Waals surface area contributed by atoms with E-state index in [2.05, 4.69) is 5.32 Å². The van der Waals surface area contributed by atoms with Gasteiger partial charge in [-0.15, -0.1) is 11.8 Å². The van der Waals surface area contributed by atoms with Crippen molar-refractivity contribution in [1.82, 2.24) is 4.31 Å². The third-order valence-corrected chi connectivity index (χ3v) is 7.20. The predicted molar refractivity (Wildman–Crippen MR) is 105 cm³/mol. The number of carbonyl (C=O) groups excluding carboxylic acids is 1. The zero-order valence-corrected chi connectivity index (χ0v) is 16.5. The summed E-state index contributed by atoms with van der Waals surface area (Å²) in [6.45, 7) is 2.89. The summed E-state index contributed by atoms with van der Waals surface area (Å²) < 4.78 is 27.0. The third-order valence-electron chi connectivity index (χ3n) is 4.51. The second kappa shape index (κ2) is 7.82. The lowest BCUT2D eigenvalue weighted by Crippen LogP contribution is -2.28. The Morgan fingerprint density at radius 2 is 1.81 bits per heavy atom. The zero-order chi connectivity index (χ0) is 18.7. The molecule has 0 spiro atoms. The average molecular weight is 391 g/mol. The van der Waals surface area contributed by atoms with Gasteiger partial charge in [-0.3, -0.25) is 4.79 Å². The van der Waals surface area contributed by atoms with Crippen LogP contribution in [0.1, 0.15) is 28.8 Å². The van der Waals surface area contributed by atoms with Gasteiger partial charge < -0.3 is 5.32 Å². The van der Waals surface area contributed by atoms with Gasteiger partial charge in [-0.25, -0.2) is 8.42 Å². The highest BCUT2D eigenvalue weighted by Crippen LogP contribution is 2.27. The first kappa shape index (κ1) is 18.9. The van der Waals surface area contributed by atoms with Crippen molar-refractivity contribution in [2.75, 3.05) is 24.7 Å². The Balaban J connectivity index is 1.91. The van der Waals surface area contributed by atoms with Crippen LogP contribution in [-0.2, 0) is 10.0 Å². The number of rotatable bonds is 5. The Labute approximate surface area is 158 Å². The van der Waals surface area contributed by atoms with Crippen LogP contribution in [0.25, 0.3) is 0 Å². The standard InChI is InChI=1S/C19H22N2O3S2/c1-14-9-10-15(26(23,24)21-11-5-6-12-21)13-16(14)19(22)20-17-7-3-4-8-18(17)25-2/h3-4,7-10,13H,5-6,11-12H2,1-2H3,(H,20,22). The van der Waals surface area contributed by atoms with Crippen LogP contribution in [0.15, 0.2) is 52.3 Å². The third kappa shape index (κ3) is 3.79. The number of thioether (sulfide) groups is 1. The molecule has 0 aliphatic carbocycles. The van der Waals surface area contributed by atoms with Crippen LogP contribution in [0.2, 0.25) is 0 Å². The summed E-state index contributed by atoms with van der Waals surface area (Å²) in [6, 6.07) is 12.3. The molecule has 1 aliphatic rings. The smallest absolute Gasteiger partial charge is 0.256 e. The minimum atomic E-state index is -3.55. The van der Waals surface area contributed by atoms with Gasteiger partial charge in [-0.05, 0) is 55.9 Å². The molecule has 0 saturated carbocycles. The van der Waals surface area contributed by atoms with E-state index in [0.29, 0.717) is 18.7 Å². The van der Waals surface area contributed by atoms with Crippen LogP contribution in [0.5, 0.6) is 0 Å². The number of para-hydroxylation sites is 1. The van der Waals surface area contributed by atoms with Crippen LogP contribution in [0.4, 0.5) is 5.69 Å². The van der Waals surface area contributed by atoms with Crippen molar-refractivity contribution < 1.29 is 13.2 Å². The highest BCUT2D eigenvalue weighted by molar-refractivity contribution is 7.98. The van der Waals surface area contributed by atoms with Gasteiger partial charge in [0.15, 0.2) is 0 Å². The highest BCUT2D eigenvalue weighted by Gasteiger charge is 2.28. The lowest BCUT2D eigenvalue weighted by molar-refractivity contribution is 0.102. The van der Waals surface area contributed by atoms with E-state index in [-0.39, 0.29) is 10.8 Å². The lowest BCUT2D eigenvalue weighted by atomic mass is 10.1. The molecule has 138 valence electrons. The van der Waals surface area contributed by atoms with Crippen molar-refractivity contribution in [3.63, 3.8) is 0 Å². The Bertz CT molecular complexity index is 920. The molecule has 3 rings (SSSR count). The first-order valence-corrected chi connectivity index (χ1v) is 11.1. The molecule has 2 aromatic carbocycles. The van der Waals surface area contributed by atoms with E-state index in [1.807, 2.05) is 37.4 Å². The summed E-state index contributed by atoms with van der Waals surface area (Å²) in [4.78, 5) is 13.9. The lowest BCUT2D eigenvalue weighted by Gasteiger charge is -2.17. The van der Waals surface area contributed by atoms with Crippen molar-refractivity contribution in [2.24, 2.45) is 0 Å². The van der Waals surface area contributed by atoms with Crippen molar-refractivity contribution in [2.45, 2.75) is 29.6 Å². The maximum Gasteiger partial charge on any atom is 0.256 e. The number of nitrogens with one attached hydrogen (secondary N) is 1. The molecule has 1 heterocycles. The number of amides is 1. The largest absolute Gasteiger partial charge is 0.321 e. The Morgan fingerprint density at radius 3 is 2.50 bits per heavy atom. The minimum absolute atomic E-state index is 0.174. The maximum absolute atomic E-state index is 12.8. The van der Waals surface area contributed by atoms with Crippen LogP contribution in [-0.4, -0.2) is 38.0 Å². The van der Waals surface area contributed by atoms with E-state index in [4.69, 9.17) is 0 Å². The molecule has 1 N–H and O–H groups in total. The Hall–Kier alpha value is -1.83. The highest BCUT2D eigenvalue weighted by atomic mass is 32.2. The number of benzene rings is 2. The summed E-state index contributed by atoms with van der Waals surface area (Å²) in [5.41, 5.74) is 1.84. The fourth-order valence-electron chi connectivity index (χ4n) is 3.02. The van der Waals surface area contributed by atoms with Crippen molar-refractivity contribution in [1.29, 1.82) is 0 Å². The van der Waals surface area contributed by atoms with Gasteiger partial charge in [0.25, 0.3) is 5.91 Å². The van der Waals surface area contributed by atoms with E-state index < -0.39 is 10.0 Å². The summed E-state index contributed by atoms with van der Waals surface area (Å²) in [5.74, 6) is -0.303. The number of sulfonamides is 1. The monoisotopic (exact) mass is 390 g/mol. The molecule has 0 unspecified atom stereocenters. The van der Waals surface area contributed by atoms with Gasteiger partial charge >= 0.3 is 0 Å². The van der Waals surface area contributed by atoms with Crippen molar-refractivity contribution in [3.05, 3.63) is 53.6 Å². The Morgan fingerprint density at radius 1 is 1.12 bits per heavy atom. The molecule has 1 aliphatic heterocycles. The number of hydrogen-bond donors (Lipinski definition) is 1. The summed E-state index contributed by atoms with van der Waals surface area (Å²) >= 11 is 1.54. The van der Waals surface area contributed by atoms with E-state index in [0.717, 1.165) is 29.0 Å². The van der Waals surface area contributed by atoms with E-state index in [1.54, 1.807) is 23.9 Å². The SMILES string of the molecule is CSc1ccccc1NC(=O)c1cc(S(=O)(=O)N2CCCC2)ccc1C. The Kier molecular flexibility index (Phi) is 5.70. The topological polar surface area (TPSA) is 66.5 Å². The van der Waals surface area contributed by atoms with Gasteiger partial charge in [0.05, 0.1) is 10.6 Å². The molecule has 5 nitrogen and oxygen atoms in total. The second-order valence-corrected chi connectivity index (χ2v) is 9.03. The fraction of sp³-hybridized carbons (Fsp3) is 0.316. The molecule has 0 atom stereocenters. The number of carbonyl (C=O) groups is 1. The van der Waals surface area contributed by atoms with Crippen molar-refractivity contribution in [3.8, 4) is 0 Å². The first-order valence-electron chi connectivity index (χ1n) is 8.48. The van der Waals surface area contributed by atoms with E-state index in [9.17, 15) is 13.2 Å². The molecule has 26 heavy (non-hydrogen) atoms. The zero-order valence-electron chi connectivity index (χ0n) is 14.9. The quantitative estimate of drug-likeness (QED) is 0.790. The summed E-state index contributed by atoms with van der Waals surface area (Å²) in [7, 11) is -3.55. The minimum Gasteiger partial charge on any atom is -0.321 e. The molecule has 0 aromatic heterocycles. The van der Waals surface area contributed by atoms with Gasteiger partial charge in [0.2, 0.25) is 10.0 Å². The van der Waals surface area contributed by atoms with Crippen molar-refractivity contribution >= 4 is 33.4 Å². The van der Waals surface area contributed by atoms with E-state index in [1.165, 1.54) is 10.4 Å². The van der Waals surface area contributed by atoms with Gasteiger partial charge in [0.1, 0.15) is 0 Å². The van der Waals surface area contributed by atoms with E-state index >= 15 is 0 Å². The number of nitrogens with zero attached hydrogens (tertiary/aromatic N) is 1. The number of aryl methyl sites for hydroxylation is 1. The van der Waals surface area contributed by atoms with Crippen LogP contribution in [0, 0.1) is 6.92 Å². The summed E-state index contributed by atoms with van der Waals surface area (Å²) in [6.07, 6.45) is 3.70. The number of anilines is 1. The molecular formula is C19H22N2O3S2. The molecule has 7 heteroatoms. The van der Waals surface area contributed by atoms with Crippen LogP contribution < -0.4 is 5.32 Å². The molecule has 1 saturated heterocycles. The van der Waals surface area contributed by atoms with Gasteiger partial charge in [-0.1, -0.05) is 18.2 Å². The molecular weight excluding hydrogens is 368 g/mol.